The van der Waals surface area contributed by atoms with E-state index in [2.05, 4.69) is 9.93 Å². The molecule has 1 saturated heterocycles. The number of alkyl halides is 3. The smallest absolute Gasteiger partial charge is 0.206 e. The number of halogens is 3. The van der Waals surface area contributed by atoms with E-state index in [1.165, 1.54) is 12.1 Å². The van der Waals surface area contributed by atoms with Gasteiger partial charge in [0, 0.05) is 6.42 Å². The Morgan fingerprint density at radius 2 is 1.81 bits per heavy atom. The molecule has 1 fully saturated rings. The largest absolute Gasteiger partial charge is 0.416 e. The Morgan fingerprint density at radius 3 is 2.31 bits per heavy atom. The second kappa shape index (κ2) is 4.40. The highest BCUT2D eigenvalue weighted by Crippen LogP contribution is 2.31. The van der Waals surface area contributed by atoms with Crippen molar-refractivity contribution in [1.29, 1.82) is 0 Å². The predicted octanol–water partition coefficient (Wildman–Crippen LogP) is 3.03. The Hall–Kier alpha value is -1.11. The molecule has 16 heavy (non-hydrogen) atoms. The van der Waals surface area contributed by atoms with Gasteiger partial charge in [-0.15, -0.1) is 0 Å². The summed E-state index contributed by atoms with van der Waals surface area (Å²) in [7, 11) is 0. The first-order valence-corrected chi connectivity index (χ1v) is 4.69. The molecule has 0 N–H and O–H groups in total. The van der Waals surface area contributed by atoms with Gasteiger partial charge in [-0.2, -0.15) is 18.1 Å². The molecule has 6 heteroatoms. The van der Waals surface area contributed by atoms with Crippen LogP contribution in [0.3, 0.4) is 0 Å². The van der Waals surface area contributed by atoms with Crippen molar-refractivity contribution in [2.75, 3.05) is 6.61 Å². The van der Waals surface area contributed by atoms with E-state index < -0.39 is 11.7 Å². The maximum Gasteiger partial charge on any atom is 0.416 e. The van der Waals surface area contributed by atoms with Gasteiger partial charge in [0.2, 0.25) is 0 Å². The molecule has 0 bridgehead atoms. The van der Waals surface area contributed by atoms with E-state index in [1.807, 2.05) is 0 Å². The summed E-state index contributed by atoms with van der Waals surface area (Å²) in [4.78, 5) is 9.28. The first-order chi connectivity index (χ1) is 7.57. The highest BCUT2D eigenvalue weighted by atomic mass is 19.4. The molecule has 1 atom stereocenters. The summed E-state index contributed by atoms with van der Waals surface area (Å²) >= 11 is 0. The minimum absolute atomic E-state index is 0.353. The zero-order valence-corrected chi connectivity index (χ0v) is 8.16. The first-order valence-electron chi connectivity index (χ1n) is 4.69. The Labute approximate surface area is 89.6 Å². The molecule has 0 aromatic heterocycles. The van der Waals surface area contributed by atoms with Crippen LogP contribution in [0.1, 0.15) is 23.7 Å². The third-order valence-electron chi connectivity index (χ3n) is 2.28. The summed E-state index contributed by atoms with van der Waals surface area (Å²) in [5.41, 5.74) is -0.0412. The lowest BCUT2D eigenvalue weighted by Gasteiger charge is -2.20. The van der Waals surface area contributed by atoms with Crippen molar-refractivity contribution >= 4 is 0 Å². The molecule has 0 saturated carbocycles. The van der Waals surface area contributed by atoms with Gasteiger partial charge in [0.15, 0.2) is 0 Å². The monoisotopic (exact) mass is 234 g/mol. The van der Waals surface area contributed by atoms with Crippen molar-refractivity contribution in [1.82, 2.24) is 0 Å². The van der Waals surface area contributed by atoms with Gasteiger partial charge in [0.1, 0.15) is 6.10 Å². The summed E-state index contributed by atoms with van der Waals surface area (Å²) in [6.45, 7) is 0.353. The van der Waals surface area contributed by atoms with Crippen molar-refractivity contribution < 1.29 is 28.0 Å². The van der Waals surface area contributed by atoms with Crippen LogP contribution in [-0.4, -0.2) is 6.61 Å². The van der Waals surface area contributed by atoms with Crippen molar-refractivity contribution in [2.24, 2.45) is 0 Å². The SMILES string of the molecule is FC(F)(F)c1ccc(C2CCOOO2)cc1. The van der Waals surface area contributed by atoms with Gasteiger partial charge in [-0.25, -0.2) is 4.89 Å². The molecule has 1 aromatic carbocycles. The van der Waals surface area contributed by atoms with Crippen LogP contribution < -0.4 is 0 Å². The maximum atomic E-state index is 12.3. The molecule has 1 aliphatic rings. The van der Waals surface area contributed by atoms with Crippen LogP contribution in [-0.2, 0) is 21.0 Å². The Kier molecular flexibility index (Phi) is 3.13. The summed E-state index contributed by atoms with van der Waals surface area (Å²) in [5.74, 6) is 0. The summed E-state index contributed by atoms with van der Waals surface area (Å²) in [6.07, 6.45) is -4.15. The van der Waals surface area contributed by atoms with Crippen LogP contribution in [0, 0.1) is 0 Å². The molecule has 1 unspecified atom stereocenters. The van der Waals surface area contributed by atoms with E-state index in [0.717, 1.165) is 12.1 Å². The lowest BCUT2D eigenvalue weighted by molar-refractivity contribution is -0.551. The molecular weight excluding hydrogens is 225 g/mol. The highest BCUT2D eigenvalue weighted by Gasteiger charge is 2.30. The first kappa shape index (κ1) is 11.4. The molecule has 0 amide bonds. The quantitative estimate of drug-likeness (QED) is 0.699. The molecule has 2 rings (SSSR count). The second-order valence-corrected chi connectivity index (χ2v) is 3.38. The molecule has 0 aliphatic carbocycles. The van der Waals surface area contributed by atoms with E-state index in [1.54, 1.807) is 0 Å². The topological polar surface area (TPSA) is 27.7 Å². The van der Waals surface area contributed by atoms with Crippen LogP contribution >= 0.6 is 0 Å². The fraction of sp³-hybridized carbons (Fsp3) is 0.400. The maximum absolute atomic E-state index is 12.3. The average molecular weight is 234 g/mol. The summed E-state index contributed by atoms with van der Waals surface area (Å²) in [5, 5.41) is 4.31. The Bertz CT molecular complexity index is 341. The molecule has 1 heterocycles. The van der Waals surface area contributed by atoms with E-state index in [-0.39, 0.29) is 6.10 Å². The van der Waals surface area contributed by atoms with E-state index >= 15 is 0 Å². The van der Waals surface area contributed by atoms with Gasteiger partial charge in [0.05, 0.1) is 12.2 Å². The van der Waals surface area contributed by atoms with Crippen molar-refractivity contribution in [2.45, 2.75) is 18.7 Å². The number of hydrogen-bond donors (Lipinski definition) is 0. The third-order valence-corrected chi connectivity index (χ3v) is 2.28. The van der Waals surface area contributed by atoms with Crippen LogP contribution in [0.25, 0.3) is 0 Å². The van der Waals surface area contributed by atoms with Gasteiger partial charge in [-0.1, -0.05) is 17.2 Å². The zero-order valence-electron chi connectivity index (χ0n) is 8.16. The van der Waals surface area contributed by atoms with Crippen molar-refractivity contribution in [3.05, 3.63) is 35.4 Å². The van der Waals surface area contributed by atoms with Gasteiger partial charge in [0.25, 0.3) is 0 Å². The number of benzene rings is 1. The third kappa shape index (κ3) is 2.52. The Morgan fingerprint density at radius 1 is 1.12 bits per heavy atom. The molecule has 3 nitrogen and oxygen atoms in total. The van der Waals surface area contributed by atoms with Gasteiger partial charge in [-0.05, 0) is 17.7 Å². The highest BCUT2D eigenvalue weighted by molar-refractivity contribution is 5.26. The summed E-state index contributed by atoms with van der Waals surface area (Å²) in [6, 6.07) is 4.80. The molecule has 0 radical (unpaired) electrons. The fourth-order valence-corrected chi connectivity index (χ4v) is 1.42. The zero-order chi connectivity index (χ0) is 11.6. The number of rotatable bonds is 1. The lowest BCUT2D eigenvalue weighted by atomic mass is 10.0. The fourth-order valence-electron chi connectivity index (χ4n) is 1.42. The molecule has 1 aromatic rings. The Balaban J connectivity index is 2.12. The van der Waals surface area contributed by atoms with Crippen LogP contribution in [0.15, 0.2) is 24.3 Å². The standard InChI is InChI=1S/C10H9F3O3/c11-10(12,13)8-3-1-7(2-4-8)9-5-6-14-16-15-9/h1-4,9H,5-6H2. The van der Waals surface area contributed by atoms with Crippen LogP contribution in [0.5, 0.6) is 0 Å². The molecular formula is C10H9F3O3. The molecule has 1 aliphatic heterocycles. The van der Waals surface area contributed by atoms with Gasteiger partial charge >= 0.3 is 6.18 Å². The summed E-state index contributed by atoms with van der Waals surface area (Å²) < 4.78 is 36.9. The van der Waals surface area contributed by atoms with E-state index in [9.17, 15) is 13.2 Å². The second-order valence-electron chi connectivity index (χ2n) is 3.38. The molecule has 0 spiro atoms. The van der Waals surface area contributed by atoms with Gasteiger partial charge in [-0.3, -0.25) is 0 Å². The van der Waals surface area contributed by atoms with E-state index in [4.69, 9.17) is 4.89 Å². The van der Waals surface area contributed by atoms with Gasteiger partial charge < -0.3 is 0 Å². The van der Waals surface area contributed by atoms with Crippen molar-refractivity contribution in [3.63, 3.8) is 0 Å². The normalized spacial score (nSPS) is 22.1. The lowest BCUT2D eigenvalue weighted by Crippen LogP contribution is -2.15. The number of hydrogen-bond acceptors (Lipinski definition) is 3. The molecule has 88 valence electrons. The average Bonchev–Trinajstić information content (AvgIpc) is 2.29. The minimum atomic E-state index is -4.31. The van der Waals surface area contributed by atoms with Crippen LogP contribution in [0.4, 0.5) is 13.2 Å². The van der Waals surface area contributed by atoms with Crippen LogP contribution in [0.2, 0.25) is 0 Å². The predicted molar refractivity (Wildman–Crippen MR) is 46.9 cm³/mol. The van der Waals surface area contributed by atoms with E-state index in [0.29, 0.717) is 18.6 Å². The van der Waals surface area contributed by atoms with Crippen molar-refractivity contribution in [3.8, 4) is 0 Å². The minimum Gasteiger partial charge on any atom is -0.206 e.